The zero-order valence-electron chi connectivity index (χ0n) is 17.2. The molecule has 148 valence electrons. The van der Waals surface area contributed by atoms with Gasteiger partial charge in [-0.1, -0.05) is 20.3 Å². The molecule has 0 saturated heterocycles. The fraction of sp³-hybridized carbons (Fsp3) is 0.524. The van der Waals surface area contributed by atoms with E-state index in [0.717, 1.165) is 55.0 Å². The number of benzene rings is 1. The predicted molar refractivity (Wildman–Crippen MR) is 113 cm³/mol. The lowest BCUT2D eigenvalue weighted by molar-refractivity contribution is -0.111. The molecule has 2 atom stereocenters. The van der Waals surface area contributed by atoms with Crippen LogP contribution in [0.15, 0.2) is 24.4 Å². The summed E-state index contributed by atoms with van der Waals surface area (Å²) in [5.41, 5.74) is 9.68. The second kappa shape index (κ2) is 9.55. The maximum Gasteiger partial charge on any atom is 0.143 e. The number of aromatic nitrogens is 2. The lowest BCUT2D eigenvalue weighted by Gasteiger charge is -2.21. The number of anilines is 2. The van der Waals surface area contributed by atoms with Crippen LogP contribution in [0.25, 0.3) is 11.4 Å². The van der Waals surface area contributed by atoms with E-state index in [4.69, 9.17) is 5.73 Å². The van der Waals surface area contributed by atoms with Crippen molar-refractivity contribution in [2.75, 3.05) is 38.2 Å². The summed E-state index contributed by atoms with van der Waals surface area (Å²) >= 11 is 0. The molecule has 0 saturated carbocycles. The Balaban J connectivity index is 2.32. The maximum atomic E-state index is 11.8. The van der Waals surface area contributed by atoms with E-state index in [1.165, 1.54) is 0 Å². The average Bonchev–Trinajstić information content (AvgIpc) is 3.01. The van der Waals surface area contributed by atoms with Crippen molar-refractivity contribution in [2.45, 2.75) is 39.7 Å². The molecule has 0 aliphatic heterocycles. The molecular formula is C21H33N5O. The van der Waals surface area contributed by atoms with E-state index in [1.807, 2.05) is 35.9 Å². The van der Waals surface area contributed by atoms with Crippen LogP contribution in [-0.4, -0.2) is 47.9 Å². The number of hydrogen-bond acceptors (Lipinski definition) is 5. The smallest absolute Gasteiger partial charge is 0.143 e. The summed E-state index contributed by atoms with van der Waals surface area (Å²) < 4.78 is 1.97. The SMILES string of the molecule is CC[C@H](C)C(C=O)n1cc(C)nc1-c1cc(NCCCN(C)C)ccc1N. The number of nitrogens with zero attached hydrogens (tertiary/aromatic N) is 3. The number of aldehydes is 1. The number of rotatable bonds is 10. The van der Waals surface area contributed by atoms with Crippen LogP contribution in [0.3, 0.4) is 0 Å². The molecule has 1 unspecified atom stereocenters. The van der Waals surface area contributed by atoms with E-state index < -0.39 is 0 Å². The lowest BCUT2D eigenvalue weighted by Crippen LogP contribution is -2.19. The Kier molecular flexibility index (Phi) is 7.42. The first-order valence-electron chi connectivity index (χ1n) is 9.66. The van der Waals surface area contributed by atoms with E-state index in [2.05, 4.69) is 43.1 Å². The summed E-state index contributed by atoms with van der Waals surface area (Å²) in [5, 5.41) is 3.45. The van der Waals surface area contributed by atoms with Crippen LogP contribution >= 0.6 is 0 Å². The molecule has 0 bridgehead atoms. The minimum atomic E-state index is -0.248. The Bertz CT molecular complexity index is 753. The number of carbonyl (C=O) groups is 1. The minimum absolute atomic E-state index is 0.225. The second-order valence-corrected chi connectivity index (χ2v) is 7.51. The first-order valence-corrected chi connectivity index (χ1v) is 9.66. The topological polar surface area (TPSA) is 76.2 Å². The summed E-state index contributed by atoms with van der Waals surface area (Å²) in [6, 6.07) is 5.67. The highest BCUT2D eigenvalue weighted by Crippen LogP contribution is 2.32. The van der Waals surface area contributed by atoms with Gasteiger partial charge < -0.3 is 25.3 Å². The molecule has 2 aromatic rings. The van der Waals surface area contributed by atoms with Gasteiger partial charge in [0.05, 0.1) is 11.7 Å². The monoisotopic (exact) mass is 371 g/mol. The second-order valence-electron chi connectivity index (χ2n) is 7.51. The van der Waals surface area contributed by atoms with E-state index >= 15 is 0 Å². The van der Waals surface area contributed by atoms with Crippen molar-refractivity contribution in [1.82, 2.24) is 14.5 Å². The van der Waals surface area contributed by atoms with Crippen LogP contribution in [0.5, 0.6) is 0 Å². The molecule has 2 rings (SSSR count). The third kappa shape index (κ3) is 5.32. The number of carbonyl (C=O) groups excluding carboxylic acids is 1. The standard InChI is InChI=1S/C21H33N5O/c1-6-15(2)20(14-27)26-13-16(3)24-21(26)18-12-17(8-9-19(18)22)23-10-7-11-25(4)5/h8-9,12-15,20,23H,6-7,10-11,22H2,1-5H3/t15-,20?/m0/s1. The Hall–Kier alpha value is -2.34. The first-order chi connectivity index (χ1) is 12.9. The van der Waals surface area contributed by atoms with E-state index in [1.54, 1.807) is 0 Å². The van der Waals surface area contributed by atoms with E-state index in [0.29, 0.717) is 5.69 Å². The third-order valence-electron chi connectivity index (χ3n) is 4.95. The number of nitrogens with two attached hydrogens (primary N) is 1. The van der Waals surface area contributed by atoms with Gasteiger partial charge in [-0.25, -0.2) is 4.98 Å². The zero-order valence-corrected chi connectivity index (χ0v) is 17.2. The largest absolute Gasteiger partial charge is 0.398 e. The fourth-order valence-corrected chi connectivity index (χ4v) is 3.15. The quantitative estimate of drug-likeness (QED) is 0.379. The van der Waals surface area contributed by atoms with Gasteiger partial charge in [0.25, 0.3) is 0 Å². The number of nitrogens with one attached hydrogen (secondary N) is 1. The van der Waals surface area contributed by atoms with Gasteiger partial charge in [0.15, 0.2) is 0 Å². The van der Waals surface area contributed by atoms with Gasteiger partial charge >= 0.3 is 0 Å². The van der Waals surface area contributed by atoms with Gasteiger partial charge in [-0.15, -0.1) is 0 Å². The van der Waals surface area contributed by atoms with Crippen molar-refractivity contribution in [3.63, 3.8) is 0 Å². The molecule has 0 fully saturated rings. The highest BCUT2D eigenvalue weighted by atomic mass is 16.1. The number of aryl methyl sites for hydroxylation is 1. The fourth-order valence-electron chi connectivity index (χ4n) is 3.15. The number of hydrogen-bond donors (Lipinski definition) is 2. The van der Waals surface area contributed by atoms with Crippen molar-refractivity contribution in [3.05, 3.63) is 30.1 Å². The van der Waals surface area contributed by atoms with E-state index in [9.17, 15) is 4.79 Å². The summed E-state index contributed by atoms with van der Waals surface area (Å²) in [6.07, 6.45) is 4.93. The molecule has 0 radical (unpaired) electrons. The van der Waals surface area contributed by atoms with Crippen LogP contribution in [0.2, 0.25) is 0 Å². The molecule has 0 spiro atoms. The zero-order chi connectivity index (χ0) is 20.0. The van der Waals surface area contributed by atoms with Gasteiger partial charge in [-0.3, -0.25) is 0 Å². The normalized spacial score (nSPS) is 13.6. The molecule has 6 heteroatoms. The number of nitrogen functional groups attached to an aromatic ring is 1. The van der Waals surface area contributed by atoms with Gasteiger partial charge in [0.2, 0.25) is 0 Å². The predicted octanol–water partition coefficient (Wildman–Crippen LogP) is 3.59. The Morgan fingerprint density at radius 3 is 2.74 bits per heavy atom. The van der Waals surface area contributed by atoms with Crippen LogP contribution in [0, 0.1) is 12.8 Å². The lowest BCUT2D eigenvalue weighted by atomic mass is 9.99. The molecule has 0 aliphatic rings. The summed E-state index contributed by atoms with van der Waals surface area (Å²) in [4.78, 5) is 18.6. The summed E-state index contributed by atoms with van der Waals surface area (Å²) in [5.74, 6) is 0.975. The van der Waals surface area contributed by atoms with Crippen LogP contribution in [0.1, 0.15) is 38.4 Å². The average molecular weight is 372 g/mol. The Morgan fingerprint density at radius 1 is 1.37 bits per heavy atom. The van der Waals surface area contributed by atoms with Gasteiger partial charge in [-0.2, -0.15) is 0 Å². The molecular weight excluding hydrogens is 338 g/mol. The van der Waals surface area contributed by atoms with E-state index in [-0.39, 0.29) is 12.0 Å². The van der Waals surface area contributed by atoms with Crippen molar-refractivity contribution in [3.8, 4) is 11.4 Å². The highest BCUT2D eigenvalue weighted by Gasteiger charge is 2.22. The van der Waals surface area contributed by atoms with Crippen LogP contribution in [0.4, 0.5) is 11.4 Å². The molecule has 1 heterocycles. The summed E-state index contributed by atoms with van der Waals surface area (Å²) in [7, 11) is 4.15. The minimum Gasteiger partial charge on any atom is -0.398 e. The molecule has 27 heavy (non-hydrogen) atoms. The maximum absolute atomic E-state index is 11.8. The number of imidazole rings is 1. The third-order valence-corrected chi connectivity index (χ3v) is 4.95. The van der Waals surface area contributed by atoms with Crippen molar-refractivity contribution in [2.24, 2.45) is 5.92 Å². The molecule has 1 aromatic heterocycles. The van der Waals surface area contributed by atoms with Crippen molar-refractivity contribution >= 4 is 17.7 Å². The van der Waals surface area contributed by atoms with Gasteiger partial charge in [0, 0.05) is 29.7 Å². The molecule has 3 N–H and O–H groups in total. The molecule has 0 aliphatic carbocycles. The highest BCUT2D eigenvalue weighted by molar-refractivity contribution is 5.77. The van der Waals surface area contributed by atoms with Crippen molar-refractivity contribution < 1.29 is 4.79 Å². The summed E-state index contributed by atoms with van der Waals surface area (Å²) in [6.45, 7) is 8.05. The van der Waals surface area contributed by atoms with Gasteiger partial charge in [0.1, 0.15) is 12.1 Å². The Morgan fingerprint density at radius 2 is 2.11 bits per heavy atom. The first kappa shape index (κ1) is 21.0. The molecule has 1 aromatic carbocycles. The molecule has 6 nitrogen and oxygen atoms in total. The van der Waals surface area contributed by atoms with Crippen molar-refractivity contribution in [1.29, 1.82) is 0 Å². The van der Waals surface area contributed by atoms with Gasteiger partial charge in [-0.05, 0) is 58.1 Å². The van der Waals surface area contributed by atoms with Crippen LogP contribution in [-0.2, 0) is 4.79 Å². The molecule has 0 amide bonds. The van der Waals surface area contributed by atoms with Crippen LogP contribution < -0.4 is 11.1 Å². The Labute approximate surface area is 162 Å².